The van der Waals surface area contributed by atoms with Crippen LogP contribution < -0.4 is 5.73 Å². The van der Waals surface area contributed by atoms with Crippen LogP contribution in [0.3, 0.4) is 0 Å². The maximum absolute atomic E-state index is 5.72. The van der Waals surface area contributed by atoms with Gasteiger partial charge >= 0.3 is 0 Å². The SMILES string of the molecule is CC#Cc1nnc(C(C)(C)N)o1. The molecule has 0 aliphatic heterocycles. The van der Waals surface area contributed by atoms with Gasteiger partial charge in [-0.3, -0.25) is 0 Å². The lowest BCUT2D eigenvalue weighted by Gasteiger charge is -2.10. The van der Waals surface area contributed by atoms with Crippen LogP contribution >= 0.6 is 0 Å². The van der Waals surface area contributed by atoms with Crippen LogP contribution in [0.5, 0.6) is 0 Å². The molecule has 0 spiro atoms. The zero-order valence-corrected chi connectivity index (χ0v) is 7.38. The summed E-state index contributed by atoms with van der Waals surface area (Å²) in [4.78, 5) is 0. The number of rotatable bonds is 1. The average molecular weight is 165 g/mol. The summed E-state index contributed by atoms with van der Waals surface area (Å²) in [5.74, 6) is 6.03. The molecule has 1 aromatic heterocycles. The van der Waals surface area contributed by atoms with Crippen molar-refractivity contribution in [2.24, 2.45) is 5.73 Å². The van der Waals surface area contributed by atoms with E-state index in [2.05, 4.69) is 22.0 Å². The highest BCUT2D eigenvalue weighted by Crippen LogP contribution is 2.13. The lowest BCUT2D eigenvalue weighted by molar-refractivity contribution is 0.374. The third-order valence-electron chi connectivity index (χ3n) is 1.21. The molecule has 0 radical (unpaired) electrons. The summed E-state index contributed by atoms with van der Waals surface area (Å²) in [5, 5.41) is 7.46. The molecule has 1 rings (SSSR count). The first-order chi connectivity index (χ1) is 5.54. The first-order valence-corrected chi connectivity index (χ1v) is 3.59. The summed E-state index contributed by atoms with van der Waals surface area (Å²) in [6, 6.07) is 0. The lowest BCUT2D eigenvalue weighted by Crippen LogP contribution is -2.29. The van der Waals surface area contributed by atoms with Crippen LogP contribution in [0, 0.1) is 11.8 Å². The van der Waals surface area contributed by atoms with Gasteiger partial charge in [0.15, 0.2) is 0 Å². The Kier molecular flexibility index (Phi) is 2.15. The van der Waals surface area contributed by atoms with E-state index in [1.807, 2.05) is 0 Å². The largest absolute Gasteiger partial charge is 0.412 e. The number of nitrogens with two attached hydrogens (primary N) is 1. The van der Waals surface area contributed by atoms with Crippen molar-refractivity contribution in [3.63, 3.8) is 0 Å². The molecule has 0 saturated carbocycles. The van der Waals surface area contributed by atoms with Gasteiger partial charge in [0.05, 0.1) is 5.54 Å². The Morgan fingerprint density at radius 2 is 2.08 bits per heavy atom. The predicted molar refractivity (Wildman–Crippen MR) is 44.1 cm³/mol. The highest BCUT2D eigenvalue weighted by Gasteiger charge is 2.21. The summed E-state index contributed by atoms with van der Waals surface area (Å²) in [6.07, 6.45) is 0. The van der Waals surface area contributed by atoms with Crippen LogP contribution in [0.25, 0.3) is 0 Å². The molecular formula is C8H11N3O. The molecule has 0 fully saturated rings. The molecule has 0 aliphatic rings. The van der Waals surface area contributed by atoms with Crippen molar-refractivity contribution in [1.29, 1.82) is 0 Å². The zero-order valence-electron chi connectivity index (χ0n) is 7.38. The Labute approximate surface area is 71.2 Å². The van der Waals surface area contributed by atoms with E-state index in [0.29, 0.717) is 11.8 Å². The smallest absolute Gasteiger partial charge is 0.293 e. The Balaban J connectivity index is 2.97. The van der Waals surface area contributed by atoms with E-state index in [0.717, 1.165) is 0 Å². The molecule has 0 aromatic carbocycles. The summed E-state index contributed by atoms with van der Waals surface area (Å²) in [7, 11) is 0. The molecule has 4 nitrogen and oxygen atoms in total. The van der Waals surface area contributed by atoms with Gasteiger partial charge in [-0.2, -0.15) is 0 Å². The van der Waals surface area contributed by atoms with Crippen LogP contribution in [0.4, 0.5) is 0 Å². The number of hydrogen-bond donors (Lipinski definition) is 1. The molecule has 12 heavy (non-hydrogen) atoms. The maximum Gasteiger partial charge on any atom is 0.293 e. The molecule has 0 atom stereocenters. The van der Waals surface area contributed by atoms with Gasteiger partial charge < -0.3 is 10.2 Å². The van der Waals surface area contributed by atoms with E-state index in [1.54, 1.807) is 20.8 Å². The first kappa shape index (κ1) is 8.75. The van der Waals surface area contributed by atoms with E-state index in [4.69, 9.17) is 10.2 Å². The highest BCUT2D eigenvalue weighted by molar-refractivity contribution is 5.15. The summed E-state index contributed by atoms with van der Waals surface area (Å²) < 4.78 is 5.17. The van der Waals surface area contributed by atoms with E-state index in [9.17, 15) is 0 Å². The van der Waals surface area contributed by atoms with E-state index < -0.39 is 5.54 Å². The monoisotopic (exact) mass is 165 g/mol. The molecule has 0 unspecified atom stereocenters. The second-order valence-corrected chi connectivity index (χ2v) is 3.01. The van der Waals surface area contributed by atoms with Crippen molar-refractivity contribution in [3.05, 3.63) is 11.8 Å². The van der Waals surface area contributed by atoms with Crippen LogP contribution in [0.1, 0.15) is 32.6 Å². The van der Waals surface area contributed by atoms with E-state index in [1.165, 1.54) is 0 Å². The lowest BCUT2D eigenvalue weighted by atomic mass is 10.1. The fraction of sp³-hybridized carbons (Fsp3) is 0.500. The summed E-state index contributed by atoms with van der Waals surface area (Å²) in [6.45, 7) is 5.30. The molecule has 0 aliphatic carbocycles. The molecule has 0 amide bonds. The first-order valence-electron chi connectivity index (χ1n) is 3.59. The second kappa shape index (κ2) is 2.95. The molecule has 64 valence electrons. The molecule has 4 heteroatoms. The normalized spacial score (nSPS) is 10.7. The summed E-state index contributed by atoms with van der Waals surface area (Å²) >= 11 is 0. The van der Waals surface area contributed by atoms with Crippen molar-refractivity contribution in [1.82, 2.24) is 10.2 Å². The minimum absolute atomic E-state index is 0.311. The fourth-order valence-corrected chi connectivity index (χ4v) is 0.641. The molecular weight excluding hydrogens is 154 g/mol. The Bertz CT molecular complexity index is 324. The molecule has 1 heterocycles. The molecule has 0 bridgehead atoms. The van der Waals surface area contributed by atoms with Gasteiger partial charge in [0.25, 0.3) is 5.89 Å². The number of hydrogen-bond acceptors (Lipinski definition) is 4. The van der Waals surface area contributed by atoms with Crippen molar-refractivity contribution in [3.8, 4) is 11.8 Å². The number of nitrogens with zero attached hydrogens (tertiary/aromatic N) is 2. The van der Waals surface area contributed by atoms with E-state index >= 15 is 0 Å². The van der Waals surface area contributed by atoms with Crippen molar-refractivity contribution in [2.75, 3.05) is 0 Å². The van der Waals surface area contributed by atoms with Gasteiger partial charge in [-0.05, 0) is 26.7 Å². The standard InChI is InChI=1S/C8H11N3O/c1-4-5-6-10-11-7(12-6)8(2,3)9/h9H2,1-3H3. The Morgan fingerprint density at radius 1 is 1.42 bits per heavy atom. The van der Waals surface area contributed by atoms with Gasteiger partial charge in [0, 0.05) is 0 Å². The van der Waals surface area contributed by atoms with Gasteiger partial charge in [0.2, 0.25) is 5.89 Å². The van der Waals surface area contributed by atoms with Crippen LogP contribution in [0.15, 0.2) is 4.42 Å². The van der Waals surface area contributed by atoms with Gasteiger partial charge in [-0.25, -0.2) is 0 Å². The number of aromatic nitrogens is 2. The zero-order chi connectivity index (χ0) is 9.19. The quantitative estimate of drug-likeness (QED) is 0.620. The Hall–Kier alpha value is -1.34. The third-order valence-corrected chi connectivity index (χ3v) is 1.21. The topological polar surface area (TPSA) is 64.9 Å². The van der Waals surface area contributed by atoms with Crippen LogP contribution in [0.2, 0.25) is 0 Å². The van der Waals surface area contributed by atoms with Crippen molar-refractivity contribution < 1.29 is 4.42 Å². The van der Waals surface area contributed by atoms with Crippen LogP contribution in [-0.2, 0) is 5.54 Å². The molecule has 0 saturated heterocycles. The van der Waals surface area contributed by atoms with Gasteiger partial charge in [-0.1, -0.05) is 11.0 Å². The maximum atomic E-state index is 5.72. The Morgan fingerprint density at radius 3 is 2.50 bits per heavy atom. The van der Waals surface area contributed by atoms with Crippen LogP contribution in [-0.4, -0.2) is 10.2 Å². The van der Waals surface area contributed by atoms with Crippen molar-refractivity contribution >= 4 is 0 Å². The third kappa shape index (κ3) is 1.83. The fourth-order valence-electron chi connectivity index (χ4n) is 0.641. The van der Waals surface area contributed by atoms with Crippen molar-refractivity contribution in [2.45, 2.75) is 26.3 Å². The van der Waals surface area contributed by atoms with Gasteiger partial charge in [0.1, 0.15) is 0 Å². The minimum atomic E-state index is -0.597. The van der Waals surface area contributed by atoms with Gasteiger partial charge in [-0.15, -0.1) is 5.10 Å². The minimum Gasteiger partial charge on any atom is -0.412 e. The molecule has 2 N–H and O–H groups in total. The average Bonchev–Trinajstić information content (AvgIpc) is 2.35. The predicted octanol–water partition coefficient (Wildman–Crippen LogP) is 0.635. The van der Waals surface area contributed by atoms with E-state index in [-0.39, 0.29) is 0 Å². The highest BCUT2D eigenvalue weighted by atomic mass is 16.4. The summed E-state index contributed by atoms with van der Waals surface area (Å²) in [5.41, 5.74) is 5.13. The second-order valence-electron chi connectivity index (χ2n) is 3.01. The molecule has 1 aromatic rings.